The Morgan fingerprint density at radius 3 is 2.30 bits per heavy atom. The molecule has 0 amide bonds. The predicted octanol–water partition coefficient (Wildman–Crippen LogP) is 4.16. The van der Waals surface area contributed by atoms with Crippen LogP contribution in [0.25, 0.3) is 35.2 Å². The zero-order valence-corrected chi connectivity index (χ0v) is 27.9. The summed E-state index contributed by atoms with van der Waals surface area (Å²) in [7, 11) is 1.25. The molecule has 1 saturated heterocycles. The van der Waals surface area contributed by atoms with Crippen molar-refractivity contribution in [1.29, 1.82) is 0 Å². The second kappa shape index (κ2) is 13.0. The maximum atomic E-state index is 14.0. The third-order valence-corrected chi connectivity index (χ3v) is 9.41. The van der Waals surface area contributed by atoms with Crippen LogP contribution in [0.3, 0.4) is 0 Å². The molecular formula is C36H38MgN4O5-2. The molecule has 6 rings (SSSR count). The van der Waals surface area contributed by atoms with Gasteiger partial charge in [-0.15, -0.1) is 33.5 Å². The summed E-state index contributed by atoms with van der Waals surface area (Å²) in [6.07, 6.45) is 8.51. The van der Waals surface area contributed by atoms with Crippen LogP contribution in [0.2, 0.25) is 0 Å². The number of carbonyl (C=O) groups is 3. The second-order valence-electron chi connectivity index (χ2n) is 11.7. The number of allylic oxidation sites excluding steroid dienone is 2. The molecule has 3 aromatic heterocycles. The van der Waals surface area contributed by atoms with Crippen molar-refractivity contribution < 1.29 is 24.2 Å². The molecule has 2 aliphatic heterocycles. The van der Waals surface area contributed by atoms with Crippen LogP contribution in [0.5, 0.6) is 0 Å². The van der Waals surface area contributed by atoms with Gasteiger partial charge in [-0.1, -0.05) is 80.0 Å². The van der Waals surface area contributed by atoms with Gasteiger partial charge in [-0.25, -0.2) is 0 Å². The van der Waals surface area contributed by atoms with Gasteiger partial charge >= 0.3 is 35.0 Å². The molecule has 236 valence electrons. The number of Topliss-reactive ketones (excluding diaryl/α,β-unsaturated/α-hetero) is 1. The first-order valence-corrected chi connectivity index (χ1v) is 14.8. The fourth-order valence-electron chi connectivity index (χ4n) is 6.93. The van der Waals surface area contributed by atoms with Crippen LogP contribution < -0.4 is 25.7 Å². The third-order valence-electron chi connectivity index (χ3n) is 9.41. The van der Waals surface area contributed by atoms with Crippen LogP contribution in [0.15, 0.2) is 18.0 Å². The largest absolute Gasteiger partial charge is 2.00 e. The monoisotopic (exact) mass is 630 g/mol. The minimum Gasteiger partial charge on any atom is -0.664 e. The van der Waals surface area contributed by atoms with E-state index in [1.807, 2.05) is 45.9 Å². The molecule has 9 nitrogen and oxygen atoms in total. The Labute approximate surface area is 285 Å². The van der Waals surface area contributed by atoms with E-state index in [1.54, 1.807) is 6.08 Å². The van der Waals surface area contributed by atoms with Crippen molar-refractivity contribution in [2.24, 2.45) is 17.8 Å². The molecule has 46 heavy (non-hydrogen) atoms. The van der Waals surface area contributed by atoms with Gasteiger partial charge in [0.15, 0.2) is 5.78 Å². The van der Waals surface area contributed by atoms with Gasteiger partial charge < -0.3 is 30.1 Å². The van der Waals surface area contributed by atoms with Gasteiger partial charge in [0.25, 0.3) is 0 Å². The number of hydrogen-bond donors (Lipinski definition) is 1. The van der Waals surface area contributed by atoms with Crippen LogP contribution in [-0.2, 0) is 20.7 Å². The van der Waals surface area contributed by atoms with Crippen LogP contribution in [0.1, 0.15) is 95.1 Å². The number of methoxy groups -OCH3 is 1. The molecule has 0 aromatic carbocycles. The first-order chi connectivity index (χ1) is 21.0. The first-order valence-electron chi connectivity index (χ1n) is 14.8. The van der Waals surface area contributed by atoms with E-state index in [9.17, 15) is 19.5 Å². The Hall–Kier alpha value is -4.02. The Balaban J connectivity index is 0.00000240. The van der Waals surface area contributed by atoms with Crippen LogP contribution >= 0.6 is 0 Å². The summed E-state index contributed by atoms with van der Waals surface area (Å²) in [5.74, 6) is -3.82. The molecule has 0 radical (unpaired) electrons. The number of fused-ring (bicyclic) bond motifs is 7. The van der Waals surface area contributed by atoms with Gasteiger partial charge in [-0.3, -0.25) is 14.4 Å². The van der Waals surface area contributed by atoms with E-state index in [0.29, 0.717) is 39.5 Å². The summed E-state index contributed by atoms with van der Waals surface area (Å²) in [6.45, 7) is 14.0. The summed E-state index contributed by atoms with van der Waals surface area (Å²) in [6, 6.07) is 0. The minimum atomic E-state index is -1.23. The van der Waals surface area contributed by atoms with E-state index in [2.05, 4.69) is 13.5 Å². The smallest absolute Gasteiger partial charge is 0.664 e. The summed E-state index contributed by atoms with van der Waals surface area (Å²) in [4.78, 5) is 53.8. The molecule has 3 aliphatic rings. The van der Waals surface area contributed by atoms with Crippen molar-refractivity contribution in [2.75, 3.05) is 7.11 Å². The Morgan fingerprint density at radius 2 is 1.67 bits per heavy atom. The van der Waals surface area contributed by atoms with Crippen molar-refractivity contribution in [3.8, 4) is 0 Å². The predicted molar refractivity (Wildman–Crippen MR) is 179 cm³/mol. The average molecular weight is 631 g/mol. The first kappa shape index (κ1) is 34.8. The molecule has 1 aliphatic carbocycles. The SMILES string of the molecule is C.C=Cc1c2[n-]c(c1C)/C=C1\[N-]/C(=C3\c4[n-]c(c(C)c4C(=O)[C@@H]3C(=O)OC)/C=c3\[n-]/c(c(C)c3CC)=C\2)[C@@H](CCC(=O)O)[C@@H]1C.[Mg+2]. The third kappa shape index (κ3) is 5.31. The number of aliphatic carboxylic acids is 1. The molecule has 0 saturated carbocycles. The average Bonchev–Trinajstić information content (AvgIpc) is 3.72. The fraction of sp³-hybridized carbons (Fsp3) is 0.361. The van der Waals surface area contributed by atoms with Gasteiger partial charge in [0, 0.05) is 12.0 Å². The second-order valence-corrected chi connectivity index (χ2v) is 11.7. The van der Waals surface area contributed by atoms with Gasteiger partial charge in [0.2, 0.25) is 0 Å². The summed E-state index contributed by atoms with van der Waals surface area (Å²) in [5, 5.41) is 16.2. The number of esters is 1. The molecule has 3 aromatic rings. The van der Waals surface area contributed by atoms with Gasteiger partial charge in [0.05, 0.1) is 7.11 Å². The maximum Gasteiger partial charge on any atom is 2.00 e. The van der Waals surface area contributed by atoms with E-state index in [-0.39, 0.29) is 60.9 Å². The van der Waals surface area contributed by atoms with Gasteiger partial charge in [-0.05, 0) is 51.0 Å². The normalized spacial score (nSPS) is 23.5. The molecule has 0 unspecified atom stereocenters. The Morgan fingerprint density at radius 1 is 1.00 bits per heavy atom. The van der Waals surface area contributed by atoms with E-state index >= 15 is 0 Å². The minimum absolute atomic E-state index is 0. The number of ketones is 1. The molecule has 3 atom stereocenters. The molecule has 1 fully saturated rings. The Kier molecular flexibility index (Phi) is 9.85. The number of carbonyl (C=O) groups excluding carboxylic acids is 2. The van der Waals surface area contributed by atoms with Crippen molar-refractivity contribution in [2.45, 2.75) is 61.3 Å². The number of hydrogen-bond acceptors (Lipinski definition) is 4. The summed E-state index contributed by atoms with van der Waals surface area (Å²) >= 11 is 0. The van der Waals surface area contributed by atoms with Crippen molar-refractivity contribution in [1.82, 2.24) is 15.0 Å². The molecule has 8 bridgehead atoms. The number of carboxylic acids is 1. The molecule has 10 heteroatoms. The van der Waals surface area contributed by atoms with Crippen LogP contribution in [0, 0.1) is 38.5 Å². The molecule has 1 N–H and O–H groups in total. The number of rotatable bonds is 6. The van der Waals surface area contributed by atoms with Gasteiger partial charge in [-0.2, -0.15) is 11.4 Å². The zero-order chi connectivity index (χ0) is 31.6. The van der Waals surface area contributed by atoms with E-state index in [4.69, 9.17) is 25.0 Å². The number of aromatic nitrogens is 3. The quantitative estimate of drug-likeness (QED) is 0.244. The maximum absolute atomic E-state index is 14.0. The van der Waals surface area contributed by atoms with E-state index in [1.165, 1.54) is 7.11 Å². The van der Waals surface area contributed by atoms with E-state index in [0.717, 1.165) is 50.8 Å². The number of carboxylic acid groups (broad SMARTS) is 1. The standard InChI is InChI=1S/C35H36N4O5.CH4.Mg/c1-8-19-15(3)22-12-24-17(5)21(10-11-28(40)41)32(38-24)30-31(35(43)44-7)34(42)29-18(6)25(39-33(29)30)14-27-20(9-2)16(4)23(37-27)13-26(19)36-22;;/h8,12-14,17,21,31H,1,9-11H2,2-7H3,(H3,38,39,40,41,42);1H4;/q-2;;+2/p-2/b23-13-,24-12-,27-14-;;/t17-,21-,31+;;/m0../s1. The number of ether oxygens (including phenoxy) is 1. The fourth-order valence-corrected chi connectivity index (χ4v) is 6.93. The van der Waals surface area contributed by atoms with Crippen molar-refractivity contribution >= 4 is 70.7 Å². The topological polar surface area (TPSA) is 137 Å². The number of nitrogens with zero attached hydrogens (tertiary/aromatic N) is 4. The van der Waals surface area contributed by atoms with Crippen molar-refractivity contribution in [3.05, 3.63) is 90.1 Å². The van der Waals surface area contributed by atoms with Gasteiger partial charge in [0.1, 0.15) is 5.92 Å². The van der Waals surface area contributed by atoms with Crippen LogP contribution in [-0.4, -0.2) is 53.0 Å². The van der Waals surface area contributed by atoms with Crippen LogP contribution in [0.4, 0.5) is 0 Å². The summed E-state index contributed by atoms with van der Waals surface area (Å²) < 4.78 is 5.11. The molecular weight excluding hydrogens is 593 g/mol. The summed E-state index contributed by atoms with van der Waals surface area (Å²) in [5.41, 5.74) is 9.03. The molecule has 0 spiro atoms. The van der Waals surface area contributed by atoms with E-state index < -0.39 is 17.9 Å². The molecule has 5 heterocycles. The Bertz CT molecular complexity index is 1970. The zero-order valence-electron chi connectivity index (χ0n) is 26.4. The van der Waals surface area contributed by atoms with Crippen molar-refractivity contribution in [3.63, 3.8) is 0 Å².